The number of nitrogens with zero attached hydrogens (tertiary/aromatic N) is 3. The highest BCUT2D eigenvalue weighted by atomic mass is 16.5. The Morgan fingerprint density at radius 1 is 1.35 bits per heavy atom. The molecule has 2 aliphatic heterocycles. The highest BCUT2D eigenvalue weighted by Gasteiger charge is 2.35. The number of likely N-dealkylation sites (N-methyl/N-ethyl adjacent to an activating group) is 1. The Morgan fingerprint density at radius 3 is 2.91 bits per heavy atom. The van der Waals surface area contributed by atoms with E-state index in [1.165, 1.54) is 0 Å². The molecule has 0 aromatic carbocycles. The molecule has 6 heteroatoms. The van der Waals surface area contributed by atoms with Crippen LogP contribution >= 0.6 is 0 Å². The van der Waals surface area contributed by atoms with Crippen LogP contribution in [0.4, 0.5) is 0 Å². The van der Waals surface area contributed by atoms with E-state index in [-0.39, 0.29) is 12.0 Å². The van der Waals surface area contributed by atoms with Gasteiger partial charge in [-0.1, -0.05) is 0 Å². The minimum absolute atomic E-state index is 0.105. The fourth-order valence-electron chi connectivity index (χ4n) is 3.60. The first-order valence-corrected chi connectivity index (χ1v) is 8.58. The zero-order valence-electron chi connectivity index (χ0n) is 14.2. The van der Waals surface area contributed by atoms with Crippen LogP contribution in [0.2, 0.25) is 0 Å². The highest BCUT2D eigenvalue weighted by Crippen LogP contribution is 2.24. The number of fused-ring (bicyclic) bond motifs is 1. The van der Waals surface area contributed by atoms with Crippen LogP contribution in [-0.4, -0.2) is 91.2 Å². The molecule has 128 valence electrons. The van der Waals surface area contributed by atoms with Crippen LogP contribution in [0.5, 0.6) is 0 Å². The highest BCUT2D eigenvalue weighted by molar-refractivity contribution is 5.92. The van der Waals surface area contributed by atoms with Crippen molar-refractivity contribution in [1.29, 1.82) is 0 Å². The number of ether oxygens (including phenoxy) is 1. The van der Waals surface area contributed by atoms with Crippen LogP contribution in [0.25, 0.3) is 0 Å². The molecule has 0 saturated carbocycles. The van der Waals surface area contributed by atoms with Crippen molar-refractivity contribution < 1.29 is 9.53 Å². The molecular weight excluding hydrogens is 292 g/mol. The van der Waals surface area contributed by atoms with E-state index in [4.69, 9.17) is 4.74 Å². The number of hydrogen-bond acceptors (Lipinski definition) is 4. The monoisotopic (exact) mass is 320 g/mol. The summed E-state index contributed by atoms with van der Waals surface area (Å²) in [5.74, 6) is 0.105. The molecule has 2 aliphatic rings. The second-order valence-electron chi connectivity index (χ2n) is 6.77. The van der Waals surface area contributed by atoms with Gasteiger partial charge < -0.3 is 19.5 Å². The molecule has 0 aliphatic carbocycles. The second kappa shape index (κ2) is 7.47. The maximum absolute atomic E-state index is 12.5. The molecule has 23 heavy (non-hydrogen) atoms. The van der Waals surface area contributed by atoms with Gasteiger partial charge in [-0.2, -0.15) is 0 Å². The van der Waals surface area contributed by atoms with Gasteiger partial charge in [0, 0.05) is 45.0 Å². The molecule has 1 aromatic heterocycles. The average molecular weight is 320 g/mol. The van der Waals surface area contributed by atoms with E-state index in [1.54, 1.807) is 6.20 Å². The summed E-state index contributed by atoms with van der Waals surface area (Å²) in [6.45, 7) is 5.52. The number of carbonyl (C=O) groups is 1. The van der Waals surface area contributed by atoms with Crippen LogP contribution < -0.4 is 0 Å². The van der Waals surface area contributed by atoms with Crippen molar-refractivity contribution in [2.75, 3.05) is 53.4 Å². The molecule has 3 heterocycles. The lowest BCUT2D eigenvalue weighted by Gasteiger charge is -2.40. The Balaban J connectivity index is 1.63. The SMILES string of the molecule is CN(C)CCN1CCO[C@@H]2CCN(C(=O)c3ccc[nH]3)CC[C@H]21. The molecule has 1 amide bonds. The number of morpholine rings is 1. The van der Waals surface area contributed by atoms with Crippen molar-refractivity contribution in [2.24, 2.45) is 0 Å². The molecule has 0 spiro atoms. The molecular formula is C17H28N4O2. The molecule has 0 radical (unpaired) electrons. The summed E-state index contributed by atoms with van der Waals surface area (Å²) >= 11 is 0. The Kier molecular flexibility index (Phi) is 5.35. The molecule has 0 unspecified atom stereocenters. The van der Waals surface area contributed by atoms with Gasteiger partial charge in [0.15, 0.2) is 0 Å². The number of likely N-dealkylation sites (tertiary alicyclic amines) is 1. The third-order valence-electron chi connectivity index (χ3n) is 4.94. The molecule has 0 bridgehead atoms. The van der Waals surface area contributed by atoms with Crippen LogP contribution in [-0.2, 0) is 4.74 Å². The quantitative estimate of drug-likeness (QED) is 0.895. The number of carbonyl (C=O) groups excluding carboxylic acids is 1. The van der Waals surface area contributed by atoms with Gasteiger partial charge in [0.05, 0.1) is 12.7 Å². The summed E-state index contributed by atoms with van der Waals surface area (Å²) < 4.78 is 6.02. The van der Waals surface area contributed by atoms with Crippen LogP contribution in [0.1, 0.15) is 23.3 Å². The van der Waals surface area contributed by atoms with Gasteiger partial charge in [0.1, 0.15) is 5.69 Å². The third-order valence-corrected chi connectivity index (χ3v) is 4.94. The smallest absolute Gasteiger partial charge is 0.270 e. The lowest BCUT2D eigenvalue weighted by Crippen LogP contribution is -2.52. The van der Waals surface area contributed by atoms with E-state index in [0.29, 0.717) is 11.7 Å². The molecule has 3 rings (SSSR count). The Hall–Kier alpha value is -1.37. The fourth-order valence-corrected chi connectivity index (χ4v) is 3.60. The number of hydrogen-bond donors (Lipinski definition) is 1. The Morgan fingerprint density at radius 2 is 2.17 bits per heavy atom. The number of amides is 1. The predicted octanol–water partition coefficient (Wildman–Crippen LogP) is 0.882. The summed E-state index contributed by atoms with van der Waals surface area (Å²) in [4.78, 5) is 22.3. The van der Waals surface area contributed by atoms with Crippen LogP contribution in [0, 0.1) is 0 Å². The summed E-state index contributed by atoms with van der Waals surface area (Å²) in [6, 6.07) is 4.15. The normalized spacial score (nSPS) is 26.1. The molecule has 2 atom stereocenters. The van der Waals surface area contributed by atoms with E-state index in [2.05, 4.69) is 28.9 Å². The lowest BCUT2D eigenvalue weighted by atomic mass is 10.0. The second-order valence-corrected chi connectivity index (χ2v) is 6.77. The van der Waals surface area contributed by atoms with E-state index < -0.39 is 0 Å². The van der Waals surface area contributed by atoms with E-state index >= 15 is 0 Å². The fraction of sp³-hybridized carbons (Fsp3) is 0.706. The zero-order chi connectivity index (χ0) is 16.2. The minimum Gasteiger partial charge on any atom is -0.375 e. The van der Waals surface area contributed by atoms with Gasteiger partial charge in [-0.15, -0.1) is 0 Å². The molecule has 1 aromatic rings. The van der Waals surface area contributed by atoms with E-state index in [1.807, 2.05) is 17.0 Å². The Bertz CT molecular complexity index is 503. The molecule has 1 N–H and O–H groups in total. The predicted molar refractivity (Wildman–Crippen MR) is 89.6 cm³/mol. The Labute approximate surface area is 138 Å². The number of aromatic nitrogens is 1. The van der Waals surface area contributed by atoms with Crippen molar-refractivity contribution in [3.05, 3.63) is 24.0 Å². The first-order valence-electron chi connectivity index (χ1n) is 8.58. The topological polar surface area (TPSA) is 51.8 Å². The van der Waals surface area contributed by atoms with Gasteiger partial charge >= 0.3 is 0 Å². The van der Waals surface area contributed by atoms with E-state index in [0.717, 1.165) is 52.2 Å². The number of H-pyrrole nitrogens is 1. The van der Waals surface area contributed by atoms with Gasteiger partial charge in [0.25, 0.3) is 5.91 Å². The first kappa shape index (κ1) is 16.5. The maximum atomic E-state index is 12.5. The van der Waals surface area contributed by atoms with Crippen LogP contribution in [0.15, 0.2) is 18.3 Å². The van der Waals surface area contributed by atoms with Crippen molar-refractivity contribution in [3.8, 4) is 0 Å². The van der Waals surface area contributed by atoms with Crippen molar-refractivity contribution >= 4 is 5.91 Å². The maximum Gasteiger partial charge on any atom is 0.270 e. The third kappa shape index (κ3) is 3.94. The molecule has 2 saturated heterocycles. The van der Waals surface area contributed by atoms with E-state index in [9.17, 15) is 4.79 Å². The minimum atomic E-state index is 0.105. The van der Waals surface area contributed by atoms with Crippen LogP contribution in [0.3, 0.4) is 0 Å². The summed E-state index contributed by atoms with van der Waals surface area (Å²) in [5, 5.41) is 0. The van der Waals surface area contributed by atoms with Crippen molar-refractivity contribution in [3.63, 3.8) is 0 Å². The largest absolute Gasteiger partial charge is 0.375 e. The number of aromatic amines is 1. The molecule has 2 fully saturated rings. The summed E-state index contributed by atoms with van der Waals surface area (Å²) in [7, 11) is 4.23. The summed E-state index contributed by atoms with van der Waals surface area (Å²) in [5.41, 5.74) is 0.681. The lowest BCUT2D eigenvalue weighted by molar-refractivity contribution is -0.0724. The first-order chi connectivity index (χ1) is 11.1. The van der Waals surface area contributed by atoms with Gasteiger partial charge in [-0.25, -0.2) is 0 Å². The number of nitrogens with one attached hydrogen (secondary N) is 1. The summed E-state index contributed by atoms with van der Waals surface area (Å²) in [6.07, 6.45) is 3.98. The van der Waals surface area contributed by atoms with Gasteiger partial charge in [-0.05, 0) is 39.1 Å². The molecule has 6 nitrogen and oxygen atoms in total. The number of rotatable bonds is 4. The zero-order valence-corrected chi connectivity index (χ0v) is 14.2. The average Bonchev–Trinajstić information content (AvgIpc) is 2.99. The van der Waals surface area contributed by atoms with Crippen molar-refractivity contribution in [1.82, 2.24) is 19.7 Å². The van der Waals surface area contributed by atoms with Gasteiger partial charge in [0.2, 0.25) is 0 Å². The standard InChI is InChI=1S/C17H28N4O2/c1-19(2)10-11-20-12-13-23-16-6-9-21(8-5-15(16)20)17(22)14-4-3-7-18-14/h3-4,7,15-16,18H,5-6,8-13H2,1-2H3/t15-,16-/m1/s1. The van der Waals surface area contributed by atoms with Crippen molar-refractivity contribution in [2.45, 2.75) is 25.0 Å². The van der Waals surface area contributed by atoms with Gasteiger partial charge in [-0.3, -0.25) is 9.69 Å².